The summed E-state index contributed by atoms with van der Waals surface area (Å²) >= 11 is 0. The summed E-state index contributed by atoms with van der Waals surface area (Å²) in [6.45, 7) is 2.59. The Bertz CT molecular complexity index is 385. The van der Waals surface area contributed by atoms with Gasteiger partial charge >= 0.3 is 0 Å². The van der Waals surface area contributed by atoms with E-state index in [1.54, 1.807) is 0 Å². The molecule has 0 spiro atoms. The van der Waals surface area contributed by atoms with E-state index in [1.165, 1.54) is 19.9 Å². The number of hydrogen-bond donors (Lipinski definition) is 2. The number of rotatable bonds is 2. The molecule has 0 fully saturated rings. The minimum absolute atomic E-state index is 0.0982. The number of halogens is 2. The second-order valence-electron chi connectivity index (χ2n) is 3.64. The molecule has 15 heavy (non-hydrogen) atoms. The zero-order valence-corrected chi connectivity index (χ0v) is 8.34. The molecule has 1 aromatic rings. The summed E-state index contributed by atoms with van der Waals surface area (Å²) in [5, 5.41) is 11.5. The fourth-order valence-electron chi connectivity index (χ4n) is 0.858. The molecule has 0 saturated heterocycles. The van der Waals surface area contributed by atoms with Crippen LogP contribution in [0.4, 0.5) is 14.5 Å². The average Bonchev–Trinajstić information content (AvgIpc) is 2.10. The molecule has 0 unspecified atom stereocenters. The van der Waals surface area contributed by atoms with Crippen molar-refractivity contribution in [2.24, 2.45) is 0 Å². The predicted molar refractivity (Wildman–Crippen MR) is 51.3 cm³/mol. The van der Waals surface area contributed by atoms with Gasteiger partial charge in [0.25, 0.3) is 5.91 Å². The summed E-state index contributed by atoms with van der Waals surface area (Å²) in [5.74, 6) is -2.73. The van der Waals surface area contributed by atoms with Gasteiger partial charge in [-0.1, -0.05) is 0 Å². The van der Waals surface area contributed by atoms with Gasteiger partial charge in [-0.3, -0.25) is 4.79 Å². The second-order valence-corrected chi connectivity index (χ2v) is 3.64. The number of aliphatic hydroxyl groups is 1. The predicted octanol–water partition coefficient (Wildman–Crippen LogP) is 1.67. The molecular weight excluding hydrogens is 204 g/mol. The van der Waals surface area contributed by atoms with Crippen molar-refractivity contribution in [2.45, 2.75) is 19.4 Å². The van der Waals surface area contributed by atoms with Crippen molar-refractivity contribution in [3.8, 4) is 0 Å². The Hall–Kier alpha value is -1.49. The van der Waals surface area contributed by atoms with E-state index >= 15 is 0 Å². The summed E-state index contributed by atoms with van der Waals surface area (Å²) in [6.07, 6.45) is 0. The van der Waals surface area contributed by atoms with Crippen molar-refractivity contribution in [1.82, 2.24) is 0 Å². The standard InChI is InChI=1S/C10H11F2NO2/c1-10(2,15)9(14)13-6-3-4-7(11)8(12)5-6/h3-5,15H,1-2H3,(H,13,14). The molecule has 0 aliphatic heterocycles. The zero-order chi connectivity index (χ0) is 11.6. The van der Waals surface area contributed by atoms with Crippen LogP contribution in [-0.2, 0) is 4.79 Å². The zero-order valence-electron chi connectivity index (χ0n) is 8.34. The Balaban J connectivity index is 2.83. The van der Waals surface area contributed by atoms with E-state index in [0.29, 0.717) is 0 Å². The first-order chi connectivity index (χ1) is 6.80. The highest BCUT2D eigenvalue weighted by Crippen LogP contribution is 2.14. The molecule has 5 heteroatoms. The van der Waals surface area contributed by atoms with Gasteiger partial charge < -0.3 is 10.4 Å². The molecule has 1 rings (SSSR count). The average molecular weight is 215 g/mol. The summed E-state index contributed by atoms with van der Waals surface area (Å²) < 4.78 is 25.3. The maximum absolute atomic E-state index is 12.7. The van der Waals surface area contributed by atoms with Crippen molar-refractivity contribution in [2.75, 3.05) is 5.32 Å². The normalized spacial score (nSPS) is 11.3. The van der Waals surface area contributed by atoms with Gasteiger partial charge in [-0.15, -0.1) is 0 Å². The number of carbonyl (C=O) groups is 1. The van der Waals surface area contributed by atoms with E-state index in [4.69, 9.17) is 0 Å². The van der Waals surface area contributed by atoms with E-state index < -0.39 is 23.1 Å². The molecule has 0 bridgehead atoms. The smallest absolute Gasteiger partial charge is 0.255 e. The number of anilines is 1. The van der Waals surface area contributed by atoms with Gasteiger partial charge in [0.2, 0.25) is 0 Å². The Morgan fingerprint density at radius 2 is 1.93 bits per heavy atom. The molecule has 0 heterocycles. The van der Waals surface area contributed by atoms with Gasteiger partial charge in [0.15, 0.2) is 11.6 Å². The van der Waals surface area contributed by atoms with Gasteiger partial charge in [-0.05, 0) is 26.0 Å². The van der Waals surface area contributed by atoms with Gasteiger partial charge in [0, 0.05) is 11.8 Å². The van der Waals surface area contributed by atoms with Crippen LogP contribution in [0.2, 0.25) is 0 Å². The Kier molecular flexibility index (Phi) is 3.04. The Labute approximate surface area is 85.7 Å². The van der Waals surface area contributed by atoms with Crippen molar-refractivity contribution >= 4 is 11.6 Å². The van der Waals surface area contributed by atoms with E-state index in [1.807, 2.05) is 0 Å². The number of nitrogens with one attached hydrogen (secondary N) is 1. The molecular formula is C10H11F2NO2. The molecule has 0 atom stereocenters. The maximum Gasteiger partial charge on any atom is 0.255 e. The highest BCUT2D eigenvalue weighted by Gasteiger charge is 2.23. The first kappa shape index (κ1) is 11.6. The van der Waals surface area contributed by atoms with Crippen LogP contribution in [0.1, 0.15) is 13.8 Å². The number of carbonyl (C=O) groups excluding carboxylic acids is 1. The highest BCUT2D eigenvalue weighted by molar-refractivity contribution is 5.96. The minimum atomic E-state index is -1.56. The van der Waals surface area contributed by atoms with E-state index in [2.05, 4.69) is 5.32 Å². The van der Waals surface area contributed by atoms with Crippen molar-refractivity contribution < 1.29 is 18.7 Å². The number of hydrogen-bond acceptors (Lipinski definition) is 2. The van der Waals surface area contributed by atoms with Crippen LogP contribution in [0.25, 0.3) is 0 Å². The third kappa shape index (κ3) is 2.99. The van der Waals surface area contributed by atoms with Crippen LogP contribution in [0, 0.1) is 11.6 Å². The summed E-state index contributed by atoms with van der Waals surface area (Å²) in [4.78, 5) is 11.3. The quantitative estimate of drug-likeness (QED) is 0.788. The molecule has 0 aromatic heterocycles. The van der Waals surface area contributed by atoms with Gasteiger partial charge in [0.1, 0.15) is 5.60 Å². The lowest BCUT2D eigenvalue weighted by molar-refractivity contribution is -0.130. The Morgan fingerprint density at radius 3 is 2.40 bits per heavy atom. The largest absolute Gasteiger partial charge is 0.381 e. The number of amides is 1. The molecule has 1 aromatic carbocycles. The molecule has 0 saturated carbocycles. The third-order valence-electron chi connectivity index (χ3n) is 1.73. The van der Waals surface area contributed by atoms with Gasteiger partial charge in [-0.2, -0.15) is 0 Å². The first-order valence-electron chi connectivity index (χ1n) is 4.29. The second kappa shape index (κ2) is 3.94. The van der Waals surface area contributed by atoms with Crippen LogP contribution >= 0.6 is 0 Å². The van der Waals surface area contributed by atoms with Gasteiger partial charge in [0.05, 0.1) is 0 Å². The molecule has 0 radical (unpaired) electrons. The van der Waals surface area contributed by atoms with Crippen molar-refractivity contribution in [3.05, 3.63) is 29.8 Å². The summed E-state index contributed by atoms with van der Waals surface area (Å²) in [6, 6.07) is 2.95. The molecule has 2 N–H and O–H groups in total. The summed E-state index contributed by atoms with van der Waals surface area (Å²) in [7, 11) is 0. The van der Waals surface area contributed by atoms with Gasteiger partial charge in [-0.25, -0.2) is 8.78 Å². The lowest BCUT2D eigenvalue weighted by Crippen LogP contribution is -2.36. The third-order valence-corrected chi connectivity index (χ3v) is 1.73. The van der Waals surface area contributed by atoms with Crippen molar-refractivity contribution in [3.63, 3.8) is 0 Å². The van der Waals surface area contributed by atoms with E-state index in [9.17, 15) is 18.7 Å². The van der Waals surface area contributed by atoms with Crippen LogP contribution in [0.5, 0.6) is 0 Å². The monoisotopic (exact) mass is 215 g/mol. The molecule has 82 valence electrons. The lowest BCUT2D eigenvalue weighted by Gasteiger charge is -2.16. The fourth-order valence-corrected chi connectivity index (χ4v) is 0.858. The highest BCUT2D eigenvalue weighted by atomic mass is 19.2. The molecule has 3 nitrogen and oxygen atoms in total. The number of benzene rings is 1. The Morgan fingerprint density at radius 1 is 1.33 bits per heavy atom. The molecule has 1 amide bonds. The maximum atomic E-state index is 12.7. The van der Waals surface area contributed by atoms with Crippen molar-refractivity contribution in [1.29, 1.82) is 0 Å². The van der Waals surface area contributed by atoms with E-state index in [0.717, 1.165) is 12.1 Å². The molecule has 0 aliphatic rings. The van der Waals surface area contributed by atoms with E-state index in [-0.39, 0.29) is 5.69 Å². The van der Waals surface area contributed by atoms with Crippen LogP contribution in [0.15, 0.2) is 18.2 Å². The lowest BCUT2D eigenvalue weighted by atomic mass is 10.1. The van der Waals surface area contributed by atoms with Crippen LogP contribution in [0.3, 0.4) is 0 Å². The van der Waals surface area contributed by atoms with Crippen LogP contribution < -0.4 is 5.32 Å². The SMILES string of the molecule is CC(C)(O)C(=O)Nc1ccc(F)c(F)c1. The topological polar surface area (TPSA) is 49.3 Å². The first-order valence-corrected chi connectivity index (χ1v) is 4.29. The fraction of sp³-hybridized carbons (Fsp3) is 0.300. The minimum Gasteiger partial charge on any atom is -0.381 e. The van der Waals surface area contributed by atoms with Crippen LogP contribution in [-0.4, -0.2) is 16.6 Å². The molecule has 0 aliphatic carbocycles. The summed E-state index contributed by atoms with van der Waals surface area (Å²) in [5.41, 5.74) is -1.47.